The first-order valence-electron chi connectivity index (χ1n) is 5.54. The van der Waals surface area contributed by atoms with Crippen molar-refractivity contribution in [1.29, 1.82) is 0 Å². The van der Waals surface area contributed by atoms with Crippen LogP contribution < -0.4 is 0 Å². The van der Waals surface area contributed by atoms with Crippen molar-refractivity contribution in [1.82, 2.24) is 0 Å². The van der Waals surface area contributed by atoms with Gasteiger partial charge in [0.2, 0.25) is 0 Å². The summed E-state index contributed by atoms with van der Waals surface area (Å²) in [5, 5.41) is 0.117. The summed E-state index contributed by atoms with van der Waals surface area (Å²) in [6.07, 6.45) is 0.907. The molecule has 0 aliphatic carbocycles. The number of thioether (sulfide) groups is 1. The van der Waals surface area contributed by atoms with Gasteiger partial charge >= 0.3 is 0 Å². The van der Waals surface area contributed by atoms with E-state index >= 15 is 0 Å². The van der Waals surface area contributed by atoms with Gasteiger partial charge in [-0.15, -0.1) is 11.8 Å². The van der Waals surface area contributed by atoms with Crippen LogP contribution in [0.1, 0.15) is 30.6 Å². The van der Waals surface area contributed by atoms with Crippen LogP contribution in [0.2, 0.25) is 0 Å². The number of carbonyl (C=O) groups excluding carboxylic acids is 1. The summed E-state index contributed by atoms with van der Waals surface area (Å²) >= 11 is 1.77. The van der Waals surface area contributed by atoms with E-state index in [9.17, 15) is 4.79 Å². The summed E-state index contributed by atoms with van der Waals surface area (Å²) in [6, 6.07) is 9.61. The van der Waals surface area contributed by atoms with E-state index in [4.69, 9.17) is 0 Å². The lowest BCUT2D eigenvalue weighted by atomic mass is 10.0. The molecule has 0 fully saturated rings. The standard InChI is InChI=1S/C14H16OS/c1-10-8-13(16-9-11(10)2)14(15)12-6-4-3-5-7-12/h3-7,13H,8-9H2,1-2H3. The van der Waals surface area contributed by atoms with Gasteiger partial charge < -0.3 is 0 Å². The van der Waals surface area contributed by atoms with Crippen LogP contribution >= 0.6 is 11.8 Å². The number of benzene rings is 1. The Morgan fingerprint density at radius 3 is 2.50 bits per heavy atom. The van der Waals surface area contributed by atoms with Gasteiger partial charge in [-0.25, -0.2) is 0 Å². The summed E-state index contributed by atoms with van der Waals surface area (Å²) in [6.45, 7) is 4.30. The number of carbonyl (C=O) groups is 1. The molecule has 1 aromatic carbocycles. The van der Waals surface area contributed by atoms with Gasteiger partial charge in [-0.05, 0) is 20.3 Å². The van der Waals surface area contributed by atoms with Crippen molar-refractivity contribution in [2.45, 2.75) is 25.5 Å². The third-order valence-electron chi connectivity index (χ3n) is 3.07. The van der Waals surface area contributed by atoms with E-state index in [0.29, 0.717) is 0 Å². The monoisotopic (exact) mass is 232 g/mol. The average molecular weight is 232 g/mol. The van der Waals surface area contributed by atoms with E-state index in [2.05, 4.69) is 13.8 Å². The molecular weight excluding hydrogens is 216 g/mol. The first-order valence-corrected chi connectivity index (χ1v) is 6.59. The number of rotatable bonds is 2. The molecule has 16 heavy (non-hydrogen) atoms. The Bertz CT molecular complexity index is 420. The first-order chi connectivity index (χ1) is 7.68. The molecule has 0 N–H and O–H groups in total. The average Bonchev–Trinajstić information content (AvgIpc) is 2.33. The molecular formula is C14H16OS. The van der Waals surface area contributed by atoms with Gasteiger partial charge in [-0.1, -0.05) is 41.5 Å². The lowest BCUT2D eigenvalue weighted by Crippen LogP contribution is -2.21. The molecule has 1 aliphatic rings. The smallest absolute Gasteiger partial charge is 0.176 e. The molecule has 2 rings (SSSR count). The molecule has 0 radical (unpaired) electrons. The molecule has 1 unspecified atom stereocenters. The minimum Gasteiger partial charge on any atom is -0.293 e. The highest BCUT2D eigenvalue weighted by molar-refractivity contribution is 8.00. The predicted molar refractivity (Wildman–Crippen MR) is 70.0 cm³/mol. The highest BCUT2D eigenvalue weighted by Gasteiger charge is 2.24. The van der Waals surface area contributed by atoms with E-state index < -0.39 is 0 Å². The highest BCUT2D eigenvalue weighted by Crippen LogP contribution is 2.31. The molecule has 0 spiro atoms. The molecule has 0 aromatic heterocycles. The van der Waals surface area contributed by atoms with E-state index in [-0.39, 0.29) is 11.0 Å². The maximum Gasteiger partial charge on any atom is 0.176 e. The Morgan fingerprint density at radius 2 is 1.88 bits per heavy atom. The van der Waals surface area contributed by atoms with Crippen LogP contribution in [-0.2, 0) is 0 Å². The highest BCUT2D eigenvalue weighted by atomic mass is 32.2. The normalized spacial score (nSPS) is 21.0. The number of ketones is 1. The third kappa shape index (κ3) is 2.38. The van der Waals surface area contributed by atoms with Crippen LogP contribution in [0, 0.1) is 0 Å². The molecule has 1 atom stereocenters. The number of Topliss-reactive ketones (excluding diaryl/α,β-unsaturated/α-hetero) is 1. The zero-order chi connectivity index (χ0) is 11.5. The van der Waals surface area contributed by atoms with Crippen molar-refractivity contribution >= 4 is 17.5 Å². The topological polar surface area (TPSA) is 17.1 Å². The largest absolute Gasteiger partial charge is 0.293 e. The molecule has 1 heterocycles. The Hall–Kier alpha value is -1.02. The second-order valence-corrected chi connectivity index (χ2v) is 5.49. The second-order valence-electron chi connectivity index (χ2n) is 4.29. The summed E-state index contributed by atoms with van der Waals surface area (Å²) in [5.41, 5.74) is 3.66. The van der Waals surface area contributed by atoms with Gasteiger partial charge in [0.05, 0.1) is 5.25 Å². The molecule has 1 aliphatic heterocycles. The SMILES string of the molecule is CC1=C(C)CC(C(=O)c2ccccc2)SC1. The fourth-order valence-electron chi connectivity index (χ4n) is 1.82. The summed E-state index contributed by atoms with van der Waals surface area (Å²) in [4.78, 5) is 12.2. The third-order valence-corrected chi connectivity index (χ3v) is 4.45. The molecule has 0 saturated carbocycles. The Labute approximate surface area is 101 Å². The van der Waals surface area contributed by atoms with Gasteiger partial charge in [0.15, 0.2) is 5.78 Å². The molecule has 2 heteroatoms. The molecule has 0 amide bonds. The molecule has 0 saturated heterocycles. The Morgan fingerprint density at radius 1 is 1.19 bits per heavy atom. The van der Waals surface area contributed by atoms with E-state index in [1.54, 1.807) is 11.8 Å². The van der Waals surface area contributed by atoms with E-state index in [0.717, 1.165) is 17.7 Å². The van der Waals surface area contributed by atoms with Crippen LogP contribution in [0.25, 0.3) is 0 Å². The van der Waals surface area contributed by atoms with Crippen LogP contribution in [0.3, 0.4) is 0 Å². The van der Waals surface area contributed by atoms with Gasteiger partial charge in [-0.2, -0.15) is 0 Å². The minimum absolute atomic E-state index is 0.117. The number of hydrogen-bond donors (Lipinski definition) is 0. The van der Waals surface area contributed by atoms with Gasteiger partial charge in [0.1, 0.15) is 0 Å². The van der Waals surface area contributed by atoms with Gasteiger partial charge in [-0.3, -0.25) is 4.79 Å². The number of allylic oxidation sites excluding steroid dienone is 1. The number of hydrogen-bond acceptors (Lipinski definition) is 2. The zero-order valence-electron chi connectivity index (χ0n) is 9.69. The lowest BCUT2D eigenvalue weighted by Gasteiger charge is -2.22. The minimum atomic E-state index is 0.117. The van der Waals surface area contributed by atoms with Crippen molar-refractivity contribution in [2.75, 3.05) is 5.75 Å². The summed E-state index contributed by atoms with van der Waals surface area (Å²) in [7, 11) is 0. The van der Waals surface area contributed by atoms with Gasteiger partial charge in [0, 0.05) is 11.3 Å². The molecule has 0 bridgehead atoms. The van der Waals surface area contributed by atoms with E-state index in [1.807, 2.05) is 30.3 Å². The van der Waals surface area contributed by atoms with Crippen LogP contribution in [0.5, 0.6) is 0 Å². The van der Waals surface area contributed by atoms with Crippen molar-refractivity contribution in [3.8, 4) is 0 Å². The second kappa shape index (κ2) is 4.88. The van der Waals surface area contributed by atoms with E-state index in [1.165, 1.54) is 11.1 Å². The zero-order valence-corrected chi connectivity index (χ0v) is 10.5. The fourth-order valence-corrected chi connectivity index (χ4v) is 3.17. The maximum atomic E-state index is 12.2. The van der Waals surface area contributed by atoms with Crippen LogP contribution in [0.4, 0.5) is 0 Å². The van der Waals surface area contributed by atoms with Crippen molar-refractivity contribution in [3.63, 3.8) is 0 Å². The lowest BCUT2D eigenvalue weighted by molar-refractivity contribution is 0.0989. The summed E-state index contributed by atoms with van der Waals surface area (Å²) < 4.78 is 0. The van der Waals surface area contributed by atoms with Crippen molar-refractivity contribution in [3.05, 3.63) is 47.0 Å². The Kier molecular flexibility index (Phi) is 3.49. The van der Waals surface area contributed by atoms with Gasteiger partial charge in [0.25, 0.3) is 0 Å². The van der Waals surface area contributed by atoms with Crippen LogP contribution in [-0.4, -0.2) is 16.8 Å². The van der Waals surface area contributed by atoms with Crippen molar-refractivity contribution in [2.24, 2.45) is 0 Å². The first kappa shape index (κ1) is 11.5. The quantitative estimate of drug-likeness (QED) is 0.571. The fraction of sp³-hybridized carbons (Fsp3) is 0.357. The van der Waals surface area contributed by atoms with Crippen LogP contribution in [0.15, 0.2) is 41.5 Å². The molecule has 1 aromatic rings. The molecule has 84 valence electrons. The summed E-state index contributed by atoms with van der Waals surface area (Å²) in [5.74, 6) is 1.27. The Balaban J connectivity index is 2.14. The maximum absolute atomic E-state index is 12.2. The predicted octanol–water partition coefficient (Wildman–Crippen LogP) is 3.71. The van der Waals surface area contributed by atoms with Crippen molar-refractivity contribution < 1.29 is 4.79 Å². The molecule has 1 nitrogen and oxygen atoms in total.